The number of aliphatic carboxylic acids is 1. The zero-order valence-corrected chi connectivity index (χ0v) is 9.58. The molecule has 0 unspecified atom stereocenters. The van der Waals surface area contributed by atoms with Crippen LogP contribution in [-0.2, 0) is 4.79 Å². The molecule has 3 nitrogen and oxygen atoms in total. The van der Waals surface area contributed by atoms with Gasteiger partial charge in [-0.15, -0.1) is 0 Å². The van der Waals surface area contributed by atoms with Crippen molar-refractivity contribution < 1.29 is 15.0 Å². The highest BCUT2D eigenvalue weighted by Crippen LogP contribution is 2.20. The van der Waals surface area contributed by atoms with Crippen LogP contribution < -0.4 is 0 Å². The fourth-order valence-electron chi connectivity index (χ4n) is 1.63. The first-order valence-corrected chi connectivity index (χ1v) is 5.46. The van der Waals surface area contributed by atoms with Gasteiger partial charge in [0, 0.05) is 0 Å². The first-order valence-electron chi connectivity index (χ1n) is 5.46. The summed E-state index contributed by atoms with van der Waals surface area (Å²) < 4.78 is 0. The van der Waals surface area contributed by atoms with Gasteiger partial charge in [0.05, 0.1) is 5.57 Å². The van der Waals surface area contributed by atoms with Crippen LogP contribution in [0, 0.1) is 0 Å². The summed E-state index contributed by atoms with van der Waals surface area (Å²) in [4.78, 5) is 11.3. The third kappa shape index (κ3) is 2.77. The summed E-state index contributed by atoms with van der Waals surface area (Å²) in [6.45, 7) is 0. The minimum atomic E-state index is -0.996. The predicted octanol–water partition coefficient (Wildman–Crippen LogP) is 3.02. The van der Waals surface area contributed by atoms with E-state index in [0.717, 1.165) is 5.56 Å². The molecule has 0 aromatic heterocycles. The Labute approximate surface area is 105 Å². The lowest BCUT2D eigenvalue weighted by Crippen LogP contribution is -1.99. The molecule has 0 fully saturated rings. The molecule has 0 aliphatic heterocycles. The molecule has 90 valence electrons. The molecule has 2 aromatic carbocycles. The maximum atomic E-state index is 11.3. The average molecular weight is 240 g/mol. The number of carbonyl (C=O) groups is 1. The number of phenolic OH excluding ortho intramolecular Hbond substituents is 1. The van der Waals surface area contributed by atoms with E-state index < -0.39 is 5.97 Å². The molecular weight excluding hydrogens is 228 g/mol. The van der Waals surface area contributed by atoms with Crippen LogP contribution in [0.4, 0.5) is 0 Å². The number of benzene rings is 2. The van der Waals surface area contributed by atoms with Gasteiger partial charge in [0.25, 0.3) is 0 Å². The number of rotatable bonds is 3. The number of carboxylic acid groups (broad SMARTS) is 1. The standard InChI is InChI=1S/C15H12O3/c16-13-8-6-12(7-9-13)14(15(17)18)10-11-4-2-1-3-5-11/h1-10,16H,(H,17,18)/b14-10+. The molecule has 2 aromatic rings. The second kappa shape index (κ2) is 5.19. The molecule has 2 N–H and O–H groups in total. The molecule has 0 atom stereocenters. The summed E-state index contributed by atoms with van der Waals surface area (Å²) in [5.74, 6) is -0.882. The third-order valence-electron chi connectivity index (χ3n) is 2.52. The molecule has 0 spiro atoms. The Balaban J connectivity index is 2.44. The van der Waals surface area contributed by atoms with Crippen molar-refractivity contribution in [2.24, 2.45) is 0 Å². The Morgan fingerprint density at radius 1 is 0.944 bits per heavy atom. The fraction of sp³-hybridized carbons (Fsp3) is 0. The van der Waals surface area contributed by atoms with Crippen molar-refractivity contribution in [2.75, 3.05) is 0 Å². The lowest BCUT2D eigenvalue weighted by Gasteiger charge is -2.03. The van der Waals surface area contributed by atoms with Crippen LogP contribution in [0.2, 0.25) is 0 Å². The third-order valence-corrected chi connectivity index (χ3v) is 2.52. The number of hydrogen-bond donors (Lipinski definition) is 2. The first kappa shape index (κ1) is 11.9. The Kier molecular flexibility index (Phi) is 3.44. The second-order valence-corrected chi connectivity index (χ2v) is 3.82. The Hall–Kier alpha value is -2.55. The SMILES string of the molecule is O=C(O)/C(=C/c1ccccc1)c1ccc(O)cc1. The van der Waals surface area contributed by atoms with Gasteiger partial charge in [-0.05, 0) is 29.3 Å². The molecule has 0 amide bonds. The van der Waals surface area contributed by atoms with Crippen molar-refractivity contribution in [1.82, 2.24) is 0 Å². The molecule has 0 saturated carbocycles. The van der Waals surface area contributed by atoms with Crippen LogP contribution in [-0.4, -0.2) is 16.2 Å². The van der Waals surface area contributed by atoms with E-state index >= 15 is 0 Å². The van der Waals surface area contributed by atoms with Crippen molar-refractivity contribution >= 4 is 17.6 Å². The van der Waals surface area contributed by atoms with E-state index in [1.165, 1.54) is 12.1 Å². The maximum Gasteiger partial charge on any atom is 0.336 e. The van der Waals surface area contributed by atoms with E-state index in [4.69, 9.17) is 0 Å². The first-order chi connectivity index (χ1) is 8.66. The number of hydrogen-bond acceptors (Lipinski definition) is 2. The molecule has 0 bridgehead atoms. The maximum absolute atomic E-state index is 11.3. The lowest BCUT2D eigenvalue weighted by molar-refractivity contribution is -0.130. The topological polar surface area (TPSA) is 57.5 Å². The molecule has 0 heterocycles. The molecule has 2 rings (SSSR count). The highest BCUT2D eigenvalue weighted by Gasteiger charge is 2.10. The minimum absolute atomic E-state index is 0.114. The van der Waals surface area contributed by atoms with Crippen LogP contribution in [0.3, 0.4) is 0 Å². The Bertz CT molecular complexity index is 568. The normalized spacial score (nSPS) is 11.2. The van der Waals surface area contributed by atoms with Gasteiger partial charge in [-0.1, -0.05) is 42.5 Å². The molecule has 0 aliphatic carbocycles. The van der Waals surface area contributed by atoms with Gasteiger partial charge in [0.15, 0.2) is 0 Å². The highest BCUT2D eigenvalue weighted by molar-refractivity contribution is 6.20. The van der Waals surface area contributed by atoms with E-state index in [-0.39, 0.29) is 11.3 Å². The molecule has 0 saturated heterocycles. The highest BCUT2D eigenvalue weighted by atomic mass is 16.4. The molecule has 0 radical (unpaired) electrons. The smallest absolute Gasteiger partial charge is 0.336 e. The predicted molar refractivity (Wildman–Crippen MR) is 70.1 cm³/mol. The van der Waals surface area contributed by atoms with Crippen molar-refractivity contribution in [1.29, 1.82) is 0 Å². The zero-order chi connectivity index (χ0) is 13.0. The van der Waals surface area contributed by atoms with Gasteiger partial charge in [-0.2, -0.15) is 0 Å². The molecular formula is C15H12O3. The van der Waals surface area contributed by atoms with Gasteiger partial charge in [0.1, 0.15) is 5.75 Å². The minimum Gasteiger partial charge on any atom is -0.508 e. The van der Waals surface area contributed by atoms with Gasteiger partial charge in [-0.25, -0.2) is 4.79 Å². The summed E-state index contributed by atoms with van der Waals surface area (Å²) in [6.07, 6.45) is 1.61. The van der Waals surface area contributed by atoms with E-state index in [0.29, 0.717) is 5.56 Å². The molecule has 18 heavy (non-hydrogen) atoms. The van der Waals surface area contributed by atoms with Crippen LogP contribution >= 0.6 is 0 Å². The Morgan fingerprint density at radius 3 is 2.11 bits per heavy atom. The second-order valence-electron chi connectivity index (χ2n) is 3.82. The van der Waals surface area contributed by atoms with Crippen LogP contribution in [0.5, 0.6) is 5.75 Å². The number of aromatic hydroxyl groups is 1. The number of carboxylic acids is 1. The van der Waals surface area contributed by atoms with Gasteiger partial charge in [-0.3, -0.25) is 0 Å². The largest absolute Gasteiger partial charge is 0.508 e. The van der Waals surface area contributed by atoms with Crippen LogP contribution in [0.15, 0.2) is 54.6 Å². The summed E-state index contributed by atoms with van der Waals surface area (Å²) >= 11 is 0. The monoisotopic (exact) mass is 240 g/mol. The van der Waals surface area contributed by atoms with Gasteiger partial charge in [0.2, 0.25) is 0 Å². The van der Waals surface area contributed by atoms with Crippen molar-refractivity contribution in [3.63, 3.8) is 0 Å². The zero-order valence-electron chi connectivity index (χ0n) is 9.58. The van der Waals surface area contributed by atoms with Crippen molar-refractivity contribution in [3.8, 4) is 5.75 Å². The van der Waals surface area contributed by atoms with E-state index in [9.17, 15) is 15.0 Å². The van der Waals surface area contributed by atoms with E-state index in [1.54, 1.807) is 18.2 Å². The quantitative estimate of drug-likeness (QED) is 0.640. The summed E-state index contributed by atoms with van der Waals surface area (Å²) in [5, 5.41) is 18.4. The molecule has 0 aliphatic rings. The lowest BCUT2D eigenvalue weighted by atomic mass is 10.0. The van der Waals surface area contributed by atoms with E-state index in [1.807, 2.05) is 30.3 Å². The van der Waals surface area contributed by atoms with Crippen molar-refractivity contribution in [2.45, 2.75) is 0 Å². The van der Waals surface area contributed by atoms with Gasteiger partial charge >= 0.3 is 5.97 Å². The fourth-order valence-corrected chi connectivity index (χ4v) is 1.63. The summed E-state index contributed by atoms with van der Waals surface area (Å²) in [6, 6.07) is 15.3. The van der Waals surface area contributed by atoms with Crippen LogP contribution in [0.25, 0.3) is 11.6 Å². The Morgan fingerprint density at radius 2 is 1.56 bits per heavy atom. The average Bonchev–Trinajstić information content (AvgIpc) is 2.38. The van der Waals surface area contributed by atoms with Crippen molar-refractivity contribution in [3.05, 3.63) is 65.7 Å². The van der Waals surface area contributed by atoms with Gasteiger partial charge < -0.3 is 10.2 Å². The molecule has 3 heteroatoms. The summed E-state index contributed by atoms with van der Waals surface area (Å²) in [7, 11) is 0. The summed E-state index contributed by atoms with van der Waals surface area (Å²) in [5.41, 5.74) is 1.58. The number of phenols is 1. The van der Waals surface area contributed by atoms with E-state index in [2.05, 4.69) is 0 Å². The van der Waals surface area contributed by atoms with Crippen LogP contribution in [0.1, 0.15) is 11.1 Å².